The van der Waals surface area contributed by atoms with E-state index in [-0.39, 0.29) is 18.0 Å². The Morgan fingerprint density at radius 2 is 2.00 bits per heavy atom. The molecule has 0 saturated carbocycles. The number of carbonyl (C=O) groups excluding carboxylic acids is 1. The van der Waals surface area contributed by atoms with E-state index in [1.54, 1.807) is 11.3 Å². The number of para-hydroxylation sites is 1. The van der Waals surface area contributed by atoms with Gasteiger partial charge in [-0.3, -0.25) is 9.69 Å². The number of likely N-dealkylation sites (N-methyl/N-ethyl adjacent to an activating group) is 1. The van der Waals surface area contributed by atoms with Crippen molar-refractivity contribution in [2.24, 2.45) is 0 Å². The molecule has 1 aromatic heterocycles. The number of nitrogens with zero attached hydrogens (tertiary/aromatic N) is 3. The molecule has 168 valence electrons. The lowest BCUT2D eigenvalue weighted by Gasteiger charge is -2.29. The SMILES string of the molecule is C[C@@H](c1nc2ccccc2s1)N(C)C(=O)CN1CCC[C@H]1c1ccc2c(c1)OCCCO2. The zero-order valence-corrected chi connectivity index (χ0v) is 19.4. The fraction of sp³-hybridized carbons (Fsp3) is 0.440. The second-order valence-corrected chi connectivity index (χ2v) is 9.65. The maximum atomic E-state index is 13.2. The molecule has 6 nitrogen and oxygen atoms in total. The van der Waals surface area contributed by atoms with Crippen molar-refractivity contribution in [3.8, 4) is 11.5 Å². The van der Waals surface area contributed by atoms with Crippen LogP contribution in [0, 0.1) is 0 Å². The first-order valence-electron chi connectivity index (χ1n) is 11.3. The number of carbonyl (C=O) groups is 1. The monoisotopic (exact) mass is 451 g/mol. The molecular weight excluding hydrogens is 422 g/mol. The summed E-state index contributed by atoms with van der Waals surface area (Å²) < 4.78 is 12.8. The number of fused-ring (bicyclic) bond motifs is 2. The molecule has 3 aromatic rings. The van der Waals surface area contributed by atoms with Gasteiger partial charge in [-0.2, -0.15) is 0 Å². The van der Waals surface area contributed by atoms with Crippen molar-refractivity contribution in [1.29, 1.82) is 0 Å². The van der Waals surface area contributed by atoms with Crippen LogP contribution in [-0.4, -0.2) is 54.0 Å². The fourth-order valence-electron chi connectivity index (χ4n) is 4.52. The molecule has 1 amide bonds. The number of aromatic nitrogens is 1. The maximum absolute atomic E-state index is 13.2. The number of rotatable bonds is 5. The van der Waals surface area contributed by atoms with Crippen molar-refractivity contribution >= 4 is 27.5 Å². The van der Waals surface area contributed by atoms with Gasteiger partial charge in [0, 0.05) is 19.5 Å². The minimum absolute atomic E-state index is 0.0565. The van der Waals surface area contributed by atoms with Gasteiger partial charge in [-0.25, -0.2) is 4.98 Å². The first-order chi connectivity index (χ1) is 15.6. The average Bonchev–Trinajstić information content (AvgIpc) is 3.38. The van der Waals surface area contributed by atoms with Crippen LogP contribution in [0.3, 0.4) is 0 Å². The van der Waals surface area contributed by atoms with Crippen molar-refractivity contribution in [2.75, 3.05) is 33.4 Å². The van der Waals surface area contributed by atoms with Gasteiger partial charge in [0.15, 0.2) is 11.5 Å². The van der Waals surface area contributed by atoms with E-state index in [4.69, 9.17) is 14.5 Å². The van der Waals surface area contributed by atoms with Gasteiger partial charge in [0.2, 0.25) is 5.91 Å². The lowest BCUT2D eigenvalue weighted by atomic mass is 10.0. The summed E-state index contributed by atoms with van der Waals surface area (Å²) in [5.41, 5.74) is 2.19. The van der Waals surface area contributed by atoms with E-state index in [1.807, 2.05) is 36.2 Å². The van der Waals surface area contributed by atoms with Gasteiger partial charge >= 0.3 is 0 Å². The van der Waals surface area contributed by atoms with Crippen LogP contribution >= 0.6 is 11.3 Å². The molecule has 0 aliphatic carbocycles. The highest BCUT2D eigenvalue weighted by molar-refractivity contribution is 7.18. The van der Waals surface area contributed by atoms with Crippen molar-refractivity contribution in [3.05, 3.63) is 53.0 Å². The molecule has 0 unspecified atom stereocenters. The maximum Gasteiger partial charge on any atom is 0.237 e. The van der Waals surface area contributed by atoms with E-state index >= 15 is 0 Å². The average molecular weight is 452 g/mol. The van der Waals surface area contributed by atoms with Crippen molar-refractivity contribution in [1.82, 2.24) is 14.8 Å². The van der Waals surface area contributed by atoms with Gasteiger partial charge < -0.3 is 14.4 Å². The van der Waals surface area contributed by atoms with Crippen molar-refractivity contribution < 1.29 is 14.3 Å². The third-order valence-electron chi connectivity index (χ3n) is 6.50. The summed E-state index contributed by atoms with van der Waals surface area (Å²) in [6.45, 7) is 4.76. The summed E-state index contributed by atoms with van der Waals surface area (Å²) in [5, 5.41) is 0.975. The van der Waals surface area contributed by atoms with E-state index in [0.29, 0.717) is 19.8 Å². The summed E-state index contributed by atoms with van der Waals surface area (Å²) in [4.78, 5) is 22.1. The Hall–Kier alpha value is -2.64. The Morgan fingerprint density at radius 1 is 1.19 bits per heavy atom. The minimum atomic E-state index is -0.0565. The van der Waals surface area contributed by atoms with Gasteiger partial charge in [-0.05, 0) is 56.1 Å². The Kier molecular flexibility index (Phi) is 6.02. The first kappa shape index (κ1) is 21.2. The molecule has 2 aliphatic heterocycles. The fourth-order valence-corrected chi connectivity index (χ4v) is 5.58. The molecule has 0 spiro atoms. The minimum Gasteiger partial charge on any atom is -0.490 e. The second-order valence-electron chi connectivity index (χ2n) is 8.59. The number of thiazole rings is 1. The van der Waals surface area contributed by atoms with E-state index in [9.17, 15) is 4.79 Å². The standard InChI is InChI=1S/C25H29N3O3S/c1-17(25-26-19-7-3-4-9-23(19)32-25)27(2)24(29)16-28-12-5-8-20(28)18-10-11-21-22(15-18)31-14-6-13-30-21/h3-4,7,9-11,15,17,20H,5-6,8,12-14,16H2,1-2H3/t17-,20-/m0/s1. The second kappa shape index (κ2) is 9.08. The topological polar surface area (TPSA) is 54.9 Å². The lowest BCUT2D eigenvalue weighted by Crippen LogP contribution is -2.39. The molecule has 2 aliphatic rings. The van der Waals surface area contributed by atoms with Crippen LogP contribution in [0.1, 0.15) is 48.8 Å². The normalized spacial score (nSPS) is 19.6. The smallest absolute Gasteiger partial charge is 0.237 e. The van der Waals surface area contributed by atoms with Gasteiger partial charge in [0.25, 0.3) is 0 Å². The predicted octanol–water partition coefficient (Wildman–Crippen LogP) is 4.81. The molecule has 0 radical (unpaired) electrons. The molecular formula is C25H29N3O3S. The molecule has 3 heterocycles. The van der Waals surface area contributed by atoms with E-state index < -0.39 is 0 Å². The van der Waals surface area contributed by atoms with Crippen LogP contribution in [0.5, 0.6) is 11.5 Å². The van der Waals surface area contributed by atoms with Crippen LogP contribution in [0.2, 0.25) is 0 Å². The van der Waals surface area contributed by atoms with E-state index in [1.165, 1.54) is 5.56 Å². The predicted molar refractivity (Wildman–Crippen MR) is 126 cm³/mol. The molecule has 1 saturated heterocycles. The quantitative estimate of drug-likeness (QED) is 0.557. The van der Waals surface area contributed by atoms with Crippen LogP contribution in [0.25, 0.3) is 10.2 Å². The number of amides is 1. The van der Waals surface area contributed by atoms with Crippen LogP contribution < -0.4 is 9.47 Å². The Labute approximate surface area is 192 Å². The van der Waals surface area contributed by atoms with Crippen LogP contribution in [0.4, 0.5) is 0 Å². The Balaban J connectivity index is 1.28. The van der Waals surface area contributed by atoms with Gasteiger partial charge in [0.1, 0.15) is 5.01 Å². The number of hydrogen-bond donors (Lipinski definition) is 0. The van der Waals surface area contributed by atoms with E-state index in [2.05, 4.69) is 30.0 Å². The van der Waals surface area contributed by atoms with Crippen molar-refractivity contribution in [3.63, 3.8) is 0 Å². The molecule has 7 heteroatoms. The highest BCUT2D eigenvalue weighted by Gasteiger charge is 2.30. The zero-order valence-electron chi connectivity index (χ0n) is 18.6. The largest absolute Gasteiger partial charge is 0.490 e. The summed E-state index contributed by atoms with van der Waals surface area (Å²) >= 11 is 1.66. The summed E-state index contributed by atoms with van der Waals surface area (Å²) in [6, 6.07) is 14.5. The molecule has 5 rings (SSSR count). The first-order valence-corrected chi connectivity index (χ1v) is 12.2. The van der Waals surface area contributed by atoms with Crippen LogP contribution in [0.15, 0.2) is 42.5 Å². The number of likely N-dealkylation sites (tertiary alicyclic amines) is 1. The third-order valence-corrected chi connectivity index (χ3v) is 7.71. The lowest BCUT2D eigenvalue weighted by molar-refractivity contribution is -0.133. The highest BCUT2D eigenvalue weighted by atomic mass is 32.1. The third kappa shape index (κ3) is 4.19. The summed E-state index contributed by atoms with van der Waals surface area (Å²) in [7, 11) is 1.89. The Morgan fingerprint density at radius 3 is 2.84 bits per heavy atom. The van der Waals surface area contributed by atoms with Gasteiger partial charge in [-0.15, -0.1) is 11.3 Å². The van der Waals surface area contributed by atoms with Crippen LogP contribution in [-0.2, 0) is 4.79 Å². The van der Waals surface area contributed by atoms with Gasteiger partial charge in [-0.1, -0.05) is 18.2 Å². The van der Waals surface area contributed by atoms with Crippen molar-refractivity contribution in [2.45, 2.75) is 38.3 Å². The van der Waals surface area contributed by atoms with E-state index in [0.717, 1.165) is 52.5 Å². The highest BCUT2D eigenvalue weighted by Crippen LogP contribution is 2.38. The summed E-state index contributed by atoms with van der Waals surface area (Å²) in [6.07, 6.45) is 3.03. The molecule has 0 N–H and O–H groups in total. The number of ether oxygens (including phenoxy) is 2. The number of hydrogen-bond acceptors (Lipinski definition) is 6. The molecule has 2 aromatic carbocycles. The van der Waals surface area contributed by atoms with Gasteiger partial charge in [0.05, 0.1) is 36.0 Å². The molecule has 0 bridgehead atoms. The Bertz CT molecular complexity index is 1080. The zero-order chi connectivity index (χ0) is 22.1. The summed E-state index contributed by atoms with van der Waals surface area (Å²) in [5.74, 6) is 1.76. The number of benzene rings is 2. The molecule has 2 atom stereocenters. The molecule has 32 heavy (non-hydrogen) atoms. The molecule has 1 fully saturated rings.